The molecule has 0 aliphatic rings. The molecule has 0 radical (unpaired) electrons. The predicted molar refractivity (Wildman–Crippen MR) is 148 cm³/mol. The van der Waals surface area contributed by atoms with Crippen molar-refractivity contribution in [2.75, 3.05) is 27.1 Å². The molecule has 0 saturated heterocycles. The third kappa shape index (κ3) is 3.97. The number of anilines is 1. The third-order valence-corrected chi connectivity index (χ3v) is 7.54. The summed E-state index contributed by atoms with van der Waals surface area (Å²) >= 11 is 1.14. The van der Waals surface area contributed by atoms with Crippen LogP contribution < -0.4 is 19.9 Å². The Bertz CT molecular complexity index is 1730. The number of pyridine rings is 1. The molecule has 0 spiro atoms. The summed E-state index contributed by atoms with van der Waals surface area (Å²) in [6, 6.07) is 16.5. The first kappa shape index (κ1) is 25.0. The summed E-state index contributed by atoms with van der Waals surface area (Å²) in [5.41, 5.74) is 8.32. The van der Waals surface area contributed by atoms with Crippen LogP contribution in [0.5, 0.6) is 17.2 Å². The van der Waals surface area contributed by atoms with E-state index in [1.165, 1.54) is 21.3 Å². The molecule has 8 nitrogen and oxygen atoms in total. The van der Waals surface area contributed by atoms with Crippen LogP contribution in [-0.2, 0) is 0 Å². The number of hydrogen-bond donors (Lipinski definition) is 2. The molecule has 0 amide bonds. The number of nitrogens with zero attached hydrogens (tertiary/aromatic N) is 1. The maximum Gasteiger partial charge on any atom is 0.338 e. The van der Waals surface area contributed by atoms with Gasteiger partial charge in [-0.3, -0.25) is 4.79 Å². The lowest BCUT2D eigenvalue weighted by Gasteiger charge is -2.17. The van der Waals surface area contributed by atoms with Crippen LogP contribution in [0.4, 0.5) is 5.69 Å². The number of thiophene rings is 1. The first-order valence-corrected chi connectivity index (χ1v) is 12.4. The summed E-state index contributed by atoms with van der Waals surface area (Å²) in [6.45, 7) is 1.62. The number of aromatic carboxylic acids is 1. The standard InChI is InChI=1S/C29H24N2O6S/c1-14-21(29(33)34)22(18-12-19(35-2)26(37-4)20(13-18)36-3)23-24(30)27(38-28(23)31-14)25(32)17-10-9-15-7-5-6-8-16(15)11-17/h5-13H,30H2,1-4H3,(H,33,34). The van der Waals surface area contributed by atoms with Gasteiger partial charge in [-0.2, -0.15) is 0 Å². The van der Waals surface area contributed by atoms with Crippen molar-refractivity contribution in [2.45, 2.75) is 6.92 Å². The average Bonchev–Trinajstić information content (AvgIpc) is 3.25. The topological polar surface area (TPSA) is 121 Å². The highest BCUT2D eigenvalue weighted by Crippen LogP contribution is 2.47. The molecule has 5 aromatic rings. The minimum atomic E-state index is -1.17. The van der Waals surface area contributed by atoms with Crippen LogP contribution in [-0.4, -0.2) is 43.2 Å². The zero-order chi connectivity index (χ0) is 27.1. The Balaban J connectivity index is 1.79. The van der Waals surface area contributed by atoms with E-state index in [9.17, 15) is 14.7 Å². The van der Waals surface area contributed by atoms with Crippen LogP contribution in [0.15, 0.2) is 54.6 Å². The fourth-order valence-electron chi connectivity index (χ4n) is 4.67. The number of ketones is 1. The van der Waals surface area contributed by atoms with Gasteiger partial charge in [-0.25, -0.2) is 9.78 Å². The summed E-state index contributed by atoms with van der Waals surface area (Å²) < 4.78 is 16.4. The van der Waals surface area contributed by atoms with Crippen LogP contribution >= 0.6 is 11.3 Å². The molecule has 192 valence electrons. The van der Waals surface area contributed by atoms with Crippen LogP contribution in [0, 0.1) is 6.92 Å². The molecular formula is C29H24N2O6S. The predicted octanol–water partition coefficient (Wildman–Crippen LogP) is 5.96. The first-order valence-electron chi connectivity index (χ1n) is 11.6. The normalized spacial score (nSPS) is 11.1. The van der Waals surface area contributed by atoms with Crippen LogP contribution in [0.3, 0.4) is 0 Å². The van der Waals surface area contributed by atoms with Crippen molar-refractivity contribution in [3.05, 3.63) is 76.3 Å². The van der Waals surface area contributed by atoms with Gasteiger partial charge in [-0.05, 0) is 41.5 Å². The number of nitrogen functional groups attached to an aromatic ring is 1. The SMILES string of the molecule is COc1cc(-c2c(C(=O)O)c(C)nc3sc(C(=O)c4ccc5ccccc5c4)c(N)c23)cc(OC)c1OC. The molecule has 3 aromatic carbocycles. The fraction of sp³-hybridized carbons (Fsp3) is 0.138. The van der Waals surface area contributed by atoms with Crippen molar-refractivity contribution < 1.29 is 28.9 Å². The molecule has 0 aliphatic carbocycles. The number of carbonyl (C=O) groups excluding carboxylic acids is 1. The van der Waals surface area contributed by atoms with E-state index in [-0.39, 0.29) is 17.0 Å². The van der Waals surface area contributed by atoms with Gasteiger partial charge in [0.1, 0.15) is 9.71 Å². The molecule has 0 unspecified atom stereocenters. The Morgan fingerprint density at radius 1 is 0.921 bits per heavy atom. The second-order valence-electron chi connectivity index (χ2n) is 8.58. The number of benzene rings is 3. The third-order valence-electron chi connectivity index (χ3n) is 6.44. The summed E-state index contributed by atoms with van der Waals surface area (Å²) in [5, 5.41) is 12.5. The molecule has 2 aromatic heterocycles. The largest absolute Gasteiger partial charge is 0.493 e. The summed E-state index contributed by atoms with van der Waals surface area (Å²) in [6.07, 6.45) is 0. The Morgan fingerprint density at radius 2 is 1.58 bits per heavy atom. The zero-order valence-electron chi connectivity index (χ0n) is 21.1. The number of carboxylic acids is 1. The number of aryl methyl sites for hydroxylation is 1. The molecule has 0 aliphatic heterocycles. The highest BCUT2D eigenvalue weighted by molar-refractivity contribution is 7.21. The van der Waals surface area contributed by atoms with Crippen molar-refractivity contribution in [1.82, 2.24) is 4.98 Å². The van der Waals surface area contributed by atoms with Gasteiger partial charge in [-0.15, -0.1) is 11.3 Å². The number of rotatable bonds is 7. The van der Waals surface area contributed by atoms with E-state index in [4.69, 9.17) is 19.9 Å². The quantitative estimate of drug-likeness (QED) is 0.248. The van der Waals surface area contributed by atoms with Crippen molar-refractivity contribution in [3.63, 3.8) is 0 Å². The summed E-state index contributed by atoms with van der Waals surface area (Å²) in [5.74, 6) is -0.373. The molecule has 38 heavy (non-hydrogen) atoms. The monoisotopic (exact) mass is 528 g/mol. The molecule has 3 N–H and O–H groups in total. The van der Waals surface area contributed by atoms with Crippen molar-refractivity contribution in [3.8, 4) is 28.4 Å². The molecule has 0 saturated carbocycles. The lowest BCUT2D eigenvalue weighted by molar-refractivity contribution is 0.0696. The molecule has 2 heterocycles. The molecular weight excluding hydrogens is 504 g/mol. The fourth-order valence-corrected chi connectivity index (χ4v) is 5.78. The van der Waals surface area contributed by atoms with Gasteiger partial charge in [0, 0.05) is 16.5 Å². The number of methoxy groups -OCH3 is 3. The maximum atomic E-state index is 13.6. The number of carbonyl (C=O) groups is 2. The van der Waals surface area contributed by atoms with Crippen LogP contribution in [0.25, 0.3) is 32.1 Å². The second kappa shape index (κ2) is 9.68. The van der Waals surface area contributed by atoms with Gasteiger partial charge >= 0.3 is 5.97 Å². The summed E-state index contributed by atoms with van der Waals surface area (Å²) in [4.78, 5) is 31.4. The van der Waals surface area contributed by atoms with E-state index in [1.54, 1.807) is 25.1 Å². The van der Waals surface area contributed by atoms with Gasteiger partial charge < -0.3 is 25.1 Å². The second-order valence-corrected chi connectivity index (χ2v) is 9.58. The lowest BCUT2D eigenvalue weighted by Crippen LogP contribution is -2.07. The smallest absolute Gasteiger partial charge is 0.338 e. The van der Waals surface area contributed by atoms with E-state index >= 15 is 0 Å². The molecule has 0 atom stereocenters. The van der Waals surface area contributed by atoms with Crippen LogP contribution in [0.2, 0.25) is 0 Å². The van der Waals surface area contributed by atoms with Gasteiger partial charge in [-0.1, -0.05) is 36.4 Å². The molecule has 0 fully saturated rings. The molecule has 9 heteroatoms. The van der Waals surface area contributed by atoms with E-state index in [2.05, 4.69) is 4.98 Å². The number of nitrogens with two attached hydrogens (primary N) is 1. The molecule has 5 rings (SSSR count). The average molecular weight is 529 g/mol. The molecule has 0 bridgehead atoms. The minimum Gasteiger partial charge on any atom is -0.493 e. The number of hydrogen-bond acceptors (Lipinski definition) is 8. The minimum absolute atomic E-state index is 0.0269. The van der Waals surface area contributed by atoms with Gasteiger partial charge in [0.25, 0.3) is 0 Å². The van der Waals surface area contributed by atoms with E-state index in [0.717, 1.165) is 22.1 Å². The number of ether oxygens (including phenoxy) is 3. The first-order chi connectivity index (χ1) is 18.3. The zero-order valence-corrected chi connectivity index (χ0v) is 21.9. The van der Waals surface area contributed by atoms with E-state index in [0.29, 0.717) is 54.7 Å². The van der Waals surface area contributed by atoms with Crippen LogP contribution in [0.1, 0.15) is 31.3 Å². The van der Waals surface area contributed by atoms with Crippen molar-refractivity contribution in [2.24, 2.45) is 0 Å². The lowest BCUT2D eigenvalue weighted by atomic mass is 9.94. The Morgan fingerprint density at radius 3 is 2.18 bits per heavy atom. The van der Waals surface area contributed by atoms with E-state index < -0.39 is 5.97 Å². The maximum absolute atomic E-state index is 13.6. The van der Waals surface area contributed by atoms with Crippen molar-refractivity contribution in [1.29, 1.82) is 0 Å². The Kier molecular flexibility index (Phi) is 6.38. The Hall–Kier alpha value is -4.63. The van der Waals surface area contributed by atoms with Crippen molar-refractivity contribution >= 4 is 49.8 Å². The van der Waals surface area contributed by atoms with Gasteiger partial charge in [0.05, 0.1) is 38.3 Å². The number of aromatic nitrogens is 1. The Labute approximate surface area is 222 Å². The highest BCUT2D eigenvalue weighted by atomic mass is 32.1. The van der Waals surface area contributed by atoms with E-state index in [1.807, 2.05) is 36.4 Å². The van der Waals surface area contributed by atoms with Gasteiger partial charge in [0.15, 0.2) is 11.5 Å². The number of fused-ring (bicyclic) bond motifs is 2. The highest BCUT2D eigenvalue weighted by Gasteiger charge is 2.28. The van der Waals surface area contributed by atoms with Gasteiger partial charge in [0.2, 0.25) is 11.5 Å². The summed E-state index contributed by atoms with van der Waals surface area (Å²) in [7, 11) is 4.44. The number of carboxylic acid groups (broad SMARTS) is 1.